The lowest BCUT2D eigenvalue weighted by Gasteiger charge is -2.10. The first kappa shape index (κ1) is 27.0. The number of rotatable bonds is 11. The number of hydrogen-bond acceptors (Lipinski definition) is 6. The van der Waals surface area contributed by atoms with Crippen LogP contribution in [-0.2, 0) is 25.0 Å². The summed E-state index contributed by atoms with van der Waals surface area (Å²) in [6.45, 7) is 10.6. The summed E-state index contributed by atoms with van der Waals surface area (Å²) in [6.07, 6.45) is 1.74. The Morgan fingerprint density at radius 2 is 1.84 bits per heavy atom. The van der Waals surface area contributed by atoms with E-state index in [1.165, 1.54) is 22.0 Å². The number of para-hydroxylation sites is 1. The van der Waals surface area contributed by atoms with Gasteiger partial charge in [0, 0.05) is 13.6 Å². The maximum Gasteiger partial charge on any atom is 0.295 e. The van der Waals surface area contributed by atoms with Gasteiger partial charge in [-0.1, -0.05) is 62.0 Å². The average Bonchev–Trinajstić information content (AvgIpc) is 3.39. The summed E-state index contributed by atoms with van der Waals surface area (Å²) in [5.74, 6) is 1.58. The van der Waals surface area contributed by atoms with Gasteiger partial charge < -0.3 is 10.1 Å². The minimum atomic E-state index is -0.308. The molecule has 198 valence electrons. The van der Waals surface area contributed by atoms with Crippen molar-refractivity contribution in [2.75, 3.05) is 11.1 Å². The van der Waals surface area contributed by atoms with Gasteiger partial charge in [-0.25, -0.2) is 4.68 Å². The molecule has 0 saturated heterocycles. The molecule has 0 spiro atoms. The van der Waals surface area contributed by atoms with Gasteiger partial charge in [-0.15, -0.1) is 16.8 Å². The van der Waals surface area contributed by atoms with Gasteiger partial charge in [0.05, 0.1) is 17.1 Å². The van der Waals surface area contributed by atoms with Crippen molar-refractivity contribution in [3.63, 3.8) is 0 Å². The fraction of sp³-hybridized carbons (Fsp3) is 0.286. The predicted molar refractivity (Wildman–Crippen MR) is 150 cm³/mol. The molecule has 0 aliphatic rings. The van der Waals surface area contributed by atoms with Crippen molar-refractivity contribution in [1.82, 2.24) is 24.1 Å². The van der Waals surface area contributed by atoms with Crippen LogP contribution in [0.3, 0.4) is 0 Å². The van der Waals surface area contributed by atoms with Crippen LogP contribution in [0.1, 0.15) is 36.8 Å². The molecule has 9 nitrogen and oxygen atoms in total. The molecule has 10 heteroatoms. The van der Waals surface area contributed by atoms with Crippen molar-refractivity contribution >= 4 is 23.4 Å². The zero-order valence-electron chi connectivity index (χ0n) is 22.0. The highest BCUT2D eigenvalue weighted by molar-refractivity contribution is 7.99. The van der Waals surface area contributed by atoms with E-state index in [2.05, 4.69) is 48.1 Å². The summed E-state index contributed by atoms with van der Waals surface area (Å²) in [5, 5.41) is 11.9. The second kappa shape index (κ2) is 12.0. The molecule has 0 radical (unpaired) electrons. The number of thioether (sulfide) groups is 1. The summed E-state index contributed by atoms with van der Waals surface area (Å²) in [5.41, 5.74) is 2.60. The van der Waals surface area contributed by atoms with Crippen LogP contribution in [0, 0.1) is 6.92 Å². The molecule has 2 heterocycles. The molecule has 0 aliphatic heterocycles. The van der Waals surface area contributed by atoms with Gasteiger partial charge in [-0.2, -0.15) is 0 Å². The second-order valence-corrected chi connectivity index (χ2v) is 10.0. The maximum absolute atomic E-state index is 13.1. The van der Waals surface area contributed by atoms with E-state index in [9.17, 15) is 9.59 Å². The Morgan fingerprint density at radius 3 is 2.50 bits per heavy atom. The van der Waals surface area contributed by atoms with E-state index in [1.807, 2.05) is 47.0 Å². The standard InChI is InChI=1S/C28H32N6O3S/c1-6-16-33-24(17-37-23-14-12-21(13-15-23)19(2)3)30-31-28(33)38-18-25(35)29-26-20(4)32(5)34(27(26)36)22-10-8-7-9-11-22/h6-15,19H,1,16-18H2,2-5H3,(H,29,35). The quantitative estimate of drug-likeness (QED) is 0.222. The molecule has 0 fully saturated rings. The van der Waals surface area contributed by atoms with Crippen molar-refractivity contribution in [3.8, 4) is 11.4 Å². The Morgan fingerprint density at radius 1 is 1.13 bits per heavy atom. The van der Waals surface area contributed by atoms with E-state index < -0.39 is 0 Å². The number of anilines is 1. The highest BCUT2D eigenvalue weighted by atomic mass is 32.2. The molecule has 0 atom stereocenters. The van der Waals surface area contributed by atoms with E-state index in [0.717, 1.165) is 11.4 Å². The largest absolute Gasteiger partial charge is 0.486 e. The SMILES string of the molecule is C=CCn1c(COc2ccc(C(C)C)cc2)nnc1SCC(=O)Nc1c(C)n(C)n(-c2ccccc2)c1=O. The number of aromatic nitrogens is 5. The van der Waals surface area contributed by atoms with Crippen LogP contribution < -0.4 is 15.6 Å². The van der Waals surface area contributed by atoms with Gasteiger partial charge in [-0.3, -0.25) is 18.8 Å². The first-order chi connectivity index (χ1) is 18.3. The van der Waals surface area contributed by atoms with Crippen molar-refractivity contribution < 1.29 is 9.53 Å². The van der Waals surface area contributed by atoms with Crippen LogP contribution in [0.4, 0.5) is 5.69 Å². The molecule has 4 rings (SSSR count). The molecule has 2 aromatic carbocycles. The fourth-order valence-corrected chi connectivity index (χ4v) is 4.73. The molecular weight excluding hydrogens is 500 g/mol. The van der Waals surface area contributed by atoms with Gasteiger partial charge in [0.2, 0.25) is 5.91 Å². The van der Waals surface area contributed by atoms with Crippen LogP contribution in [0.25, 0.3) is 5.69 Å². The maximum atomic E-state index is 13.1. The summed E-state index contributed by atoms with van der Waals surface area (Å²) < 4.78 is 11.0. The molecule has 0 bridgehead atoms. The summed E-state index contributed by atoms with van der Waals surface area (Å²) in [7, 11) is 1.79. The van der Waals surface area contributed by atoms with Crippen molar-refractivity contribution in [3.05, 3.63) is 94.7 Å². The Labute approximate surface area is 226 Å². The summed E-state index contributed by atoms with van der Waals surface area (Å²) >= 11 is 1.24. The molecule has 2 aromatic heterocycles. The molecule has 4 aromatic rings. The Kier molecular flexibility index (Phi) is 8.52. The molecule has 0 saturated carbocycles. The fourth-order valence-electron chi connectivity index (χ4n) is 3.96. The highest BCUT2D eigenvalue weighted by Gasteiger charge is 2.19. The molecular formula is C28H32N6O3S. The van der Waals surface area contributed by atoms with Gasteiger partial charge in [0.25, 0.3) is 5.56 Å². The van der Waals surface area contributed by atoms with Crippen molar-refractivity contribution in [2.24, 2.45) is 7.05 Å². The number of carbonyl (C=O) groups excluding carboxylic acids is 1. The van der Waals surface area contributed by atoms with Crippen molar-refractivity contribution in [2.45, 2.75) is 45.0 Å². The van der Waals surface area contributed by atoms with Gasteiger partial charge >= 0.3 is 0 Å². The monoisotopic (exact) mass is 532 g/mol. The van der Waals surface area contributed by atoms with Crippen LogP contribution in [-0.4, -0.2) is 35.8 Å². The van der Waals surface area contributed by atoms with E-state index in [4.69, 9.17) is 4.74 Å². The van der Waals surface area contributed by atoms with E-state index in [1.54, 1.807) is 24.7 Å². The number of benzene rings is 2. The number of carbonyl (C=O) groups is 1. The third-order valence-electron chi connectivity index (χ3n) is 6.17. The number of amides is 1. The van der Waals surface area contributed by atoms with E-state index in [-0.39, 0.29) is 29.5 Å². The highest BCUT2D eigenvalue weighted by Crippen LogP contribution is 2.22. The molecule has 0 unspecified atom stereocenters. The first-order valence-electron chi connectivity index (χ1n) is 12.3. The number of allylic oxidation sites excluding steroid dienone is 1. The van der Waals surface area contributed by atoms with Gasteiger partial charge in [-0.05, 0) is 42.7 Å². The lowest BCUT2D eigenvalue weighted by Crippen LogP contribution is -2.23. The number of hydrogen-bond donors (Lipinski definition) is 1. The van der Waals surface area contributed by atoms with Crippen LogP contribution in [0.5, 0.6) is 5.75 Å². The van der Waals surface area contributed by atoms with Gasteiger partial charge in [0.15, 0.2) is 11.0 Å². The summed E-state index contributed by atoms with van der Waals surface area (Å²) in [4.78, 5) is 25.9. The predicted octanol–water partition coefficient (Wildman–Crippen LogP) is 4.70. The molecule has 0 aliphatic carbocycles. The van der Waals surface area contributed by atoms with E-state index >= 15 is 0 Å². The Hall–Kier alpha value is -4.05. The molecule has 1 amide bonds. The zero-order valence-corrected chi connectivity index (χ0v) is 22.9. The van der Waals surface area contributed by atoms with Crippen LogP contribution in [0.15, 0.2) is 77.2 Å². The molecule has 38 heavy (non-hydrogen) atoms. The van der Waals surface area contributed by atoms with Gasteiger partial charge in [0.1, 0.15) is 18.0 Å². The lowest BCUT2D eigenvalue weighted by molar-refractivity contribution is -0.113. The minimum Gasteiger partial charge on any atom is -0.486 e. The van der Waals surface area contributed by atoms with Crippen LogP contribution >= 0.6 is 11.8 Å². The smallest absolute Gasteiger partial charge is 0.295 e. The molecule has 1 N–H and O–H groups in total. The Balaban J connectivity index is 1.42. The van der Waals surface area contributed by atoms with Crippen molar-refractivity contribution in [1.29, 1.82) is 0 Å². The number of ether oxygens (including phenoxy) is 1. The topological polar surface area (TPSA) is 96.0 Å². The second-order valence-electron chi connectivity index (χ2n) is 9.08. The van der Waals surface area contributed by atoms with Crippen LogP contribution in [0.2, 0.25) is 0 Å². The normalized spacial score (nSPS) is 11.1. The van der Waals surface area contributed by atoms with E-state index in [0.29, 0.717) is 29.1 Å². The minimum absolute atomic E-state index is 0.0614. The average molecular weight is 533 g/mol. The lowest BCUT2D eigenvalue weighted by atomic mass is 10.0. The first-order valence-corrected chi connectivity index (χ1v) is 13.3. The number of nitrogens with zero attached hydrogens (tertiary/aromatic N) is 5. The zero-order chi connectivity index (χ0) is 27.2. The third kappa shape index (κ3) is 5.91. The summed E-state index contributed by atoms with van der Waals surface area (Å²) in [6, 6.07) is 17.3. The third-order valence-corrected chi connectivity index (χ3v) is 7.14. The Bertz CT molecular complexity index is 1470. The number of nitrogens with one attached hydrogen (secondary N) is 1.